The number of carbonyl (C=O) groups is 1. The third-order valence-corrected chi connectivity index (χ3v) is 4.77. The van der Waals surface area contributed by atoms with E-state index in [0.29, 0.717) is 6.04 Å². The number of nitrogens with zero attached hydrogens (tertiary/aromatic N) is 2. The van der Waals surface area contributed by atoms with Gasteiger partial charge in [-0.2, -0.15) is 0 Å². The van der Waals surface area contributed by atoms with E-state index in [1.54, 1.807) is 0 Å². The van der Waals surface area contributed by atoms with Crippen molar-refractivity contribution in [1.82, 2.24) is 15.2 Å². The van der Waals surface area contributed by atoms with Gasteiger partial charge in [0.25, 0.3) is 5.91 Å². The van der Waals surface area contributed by atoms with E-state index in [0.717, 1.165) is 43.0 Å². The lowest BCUT2D eigenvalue weighted by Gasteiger charge is -2.39. The Bertz CT molecular complexity index is 434. The Morgan fingerprint density at radius 3 is 3.05 bits per heavy atom. The number of likely N-dealkylation sites (N-methyl/N-ethyl adjacent to an activating group) is 1. The predicted octanol–water partition coefficient (Wildman–Crippen LogP) is 0.878. The summed E-state index contributed by atoms with van der Waals surface area (Å²) in [6.45, 7) is 6.25. The standard InChI is InChI=1S/C13H22N4OS/c1-3-11-9-17(6-5-16(11)2)8-10-4-7-19-12(10)13(18)15-14/h4,7,11H,3,5-6,8-9,14H2,1-2H3,(H,15,18). The van der Waals surface area contributed by atoms with Crippen LogP contribution < -0.4 is 11.3 Å². The van der Waals surface area contributed by atoms with Crippen molar-refractivity contribution in [2.75, 3.05) is 26.7 Å². The van der Waals surface area contributed by atoms with Crippen molar-refractivity contribution < 1.29 is 4.79 Å². The van der Waals surface area contributed by atoms with E-state index >= 15 is 0 Å². The maximum Gasteiger partial charge on any atom is 0.275 e. The second-order valence-corrected chi connectivity index (χ2v) is 5.94. The minimum absolute atomic E-state index is 0.189. The molecule has 1 unspecified atom stereocenters. The van der Waals surface area contributed by atoms with Gasteiger partial charge in [0.2, 0.25) is 0 Å². The van der Waals surface area contributed by atoms with Gasteiger partial charge in [0.05, 0.1) is 4.88 Å². The zero-order chi connectivity index (χ0) is 13.8. The highest BCUT2D eigenvalue weighted by Crippen LogP contribution is 2.20. The number of hydrogen-bond donors (Lipinski definition) is 2. The molecular weight excluding hydrogens is 260 g/mol. The first-order chi connectivity index (χ1) is 9.15. The topological polar surface area (TPSA) is 61.6 Å². The van der Waals surface area contributed by atoms with E-state index in [4.69, 9.17) is 5.84 Å². The summed E-state index contributed by atoms with van der Waals surface area (Å²) in [5.74, 6) is 5.03. The molecule has 0 aliphatic carbocycles. The monoisotopic (exact) mass is 282 g/mol. The summed E-state index contributed by atoms with van der Waals surface area (Å²) < 4.78 is 0. The molecule has 1 aromatic rings. The molecule has 6 heteroatoms. The summed E-state index contributed by atoms with van der Waals surface area (Å²) in [6, 6.07) is 2.63. The molecule has 0 saturated carbocycles. The van der Waals surface area contributed by atoms with Gasteiger partial charge in [0.1, 0.15) is 0 Å². The van der Waals surface area contributed by atoms with Crippen molar-refractivity contribution in [1.29, 1.82) is 0 Å². The third-order valence-electron chi connectivity index (χ3n) is 3.81. The normalized spacial score (nSPS) is 21.5. The summed E-state index contributed by atoms with van der Waals surface area (Å²) in [7, 11) is 2.18. The Morgan fingerprint density at radius 1 is 1.58 bits per heavy atom. The van der Waals surface area contributed by atoms with E-state index in [1.165, 1.54) is 11.3 Å². The maximum atomic E-state index is 11.7. The summed E-state index contributed by atoms with van der Waals surface area (Å²) >= 11 is 1.45. The van der Waals surface area contributed by atoms with E-state index in [2.05, 4.69) is 29.2 Å². The minimum atomic E-state index is -0.189. The Morgan fingerprint density at radius 2 is 2.37 bits per heavy atom. The lowest BCUT2D eigenvalue weighted by Crippen LogP contribution is -2.50. The molecule has 3 N–H and O–H groups in total. The van der Waals surface area contributed by atoms with Crippen molar-refractivity contribution in [2.24, 2.45) is 5.84 Å². The van der Waals surface area contributed by atoms with Crippen LogP contribution in [0.4, 0.5) is 0 Å². The van der Waals surface area contributed by atoms with Gasteiger partial charge in [-0.15, -0.1) is 11.3 Å². The highest BCUT2D eigenvalue weighted by molar-refractivity contribution is 7.12. The van der Waals surface area contributed by atoms with Crippen LogP contribution in [-0.2, 0) is 6.54 Å². The number of rotatable bonds is 4. The van der Waals surface area contributed by atoms with Crippen molar-refractivity contribution in [3.05, 3.63) is 21.9 Å². The number of thiophene rings is 1. The number of nitrogens with two attached hydrogens (primary N) is 1. The SMILES string of the molecule is CCC1CN(Cc2ccsc2C(=O)NN)CCN1C. The average Bonchev–Trinajstić information content (AvgIpc) is 2.88. The first kappa shape index (κ1) is 14.5. The number of nitrogens with one attached hydrogen (secondary N) is 1. The molecule has 1 aliphatic rings. The molecule has 1 aliphatic heterocycles. The molecule has 0 radical (unpaired) electrons. The number of carbonyl (C=O) groups excluding carboxylic acids is 1. The lowest BCUT2D eigenvalue weighted by atomic mass is 10.1. The smallest absolute Gasteiger partial charge is 0.275 e. The third kappa shape index (κ3) is 3.33. The fourth-order valence-corrected chi connectivity index (χ4v) is 3.38. The van der Waals surface area contributed by atoms with Gasteiger partial charge < -0.3 is 4.90 Å². The first-order valence-electron chi connectivity index (χ1n) is 6.65. The largest absolute Gasteiger partial charge is 0.301 e. The van der Waals surface area contributed by atoms with Gasteiger partial charge in [-0.05, 0) is 30.5 Å². The van der Waals surface area contributed by atoms with Crippen LogP contribution in [0.15, 0.2) is 11.4 Å². The summed E-state index contributed by atoms with van der Waals surface area (Å²) in [5, 5.41) is 1.95. The zero-order valence-electron chi connectivity index (χ0n) is 11.6. The van der Waals surface area contributed by atoms with Crippen molar-refractivity contribution in [2.45, 2.75) is 25.9 Å². The maximum absolute atomic E-state index is 11.7. The molecule has 0 bridgehead atoms. The first-order valence-corrected chi connectivity index (χ1v) is 7.53. The number of piperazine rings is 1. The van der Waals surface area contributed by atoms with Crippen LogP contribution in [0.3, 0.4) is 0 Å². The van der Waals surface area contributed by atoms with Crippen LogP contribution in [0.1, 0.15) is 28.6 Å². The summed E-state index contributed by atoms with van der Waals surface area (Å²) in [5.41, 5.74) is 3.29. The molecule has 19 heavy (non-hydrogen) atoms. The van der Waals surface area contributed by atoms with Crippen LogP contribution in [-0.4, -0.2) is 48.4 Å². The molecule has 0 spiro atoms. The Labute approximate surface area is 118 Å². The Hall–Kier alpha value is -0.950. The Balaban J connectivity index is 2.02. The fraction of sp³-hybridized carbons (Fsp3) is 0.615. The van der Waals surface area contributed by atoms with Gasteiger partial charge in [-0.1, -0.05) is 6.92 Å². The zero-order valence-corrected chi connectivity index (χ0v) is 12.4. The lowest BCUT2D eigenvalue weighted by molar-refractivity contribution is 0.0872. The summed E-state index contributed by atoms with van der Waals surface area (Å²) in [6.07, 6.45) is 1.16. The average molecular weight is 282 g/mol. The van der Waals surface area contributed by atoms with Crippen LogP contribution in [0.2, 0.25) is 0 Å². The molecule has 1 atom stereocenters. The van der Waals surface area contributed by atoms with Gasteiger partial charge >= 0.3 is 0 Å². The molecule has 2 heterocycles. The van der Waals surface area contributed by atoms with Crippen LogP contribution in [0.25, 0.3) is 0 Å². The van der Waals surface area contributed by atoms with E-state index in [1.807, 2.05) is 11.4 Å². The molecule has 0 aromatic carbocycles. The molecule has 1 amide bonds. The van der Waals surface area contributed by atoms with E-state index in [9.17, 15) is 4.79 Å². The molecular formula is C13H22N4OS. The van der Waals surface area contributed by atoms with Gasteiger partial charge in [-0.3, -0.25) is 15.1 Å². The van der Waals surface area contributed by atoms with Crippen LogP contribution in [0, 0.1) is 0 Å². The molecule has 1 aromatic heterocycles. The van der Waals surface area contributed by atoms with Gasteiger partial charge in [0.15, 0.2) is 0 Å². The van der Waals surface area contributed by atoms with Crippen molar-refractivity contribution in [3.8, 4) is 0 Å². The van der Waals surface area contributed by atoms with Gasteiger partial charge in [-0.25, -0.2) is 5.84 Å². The second-order valence-electron chi connectivity index (χ2n) is 5.03. The van der Waals surface area contributed by atoms with E-state index < -0.39 is 0 Å². The molecule has 1 fully saturated rings. The van der Waals surface area contributed by atoms with Gasteiger partial charge in [0, 0.05) is 32.2 Å². The molecule has 5 nitrogen and oxygen atoms in total. The fourth-order valence-electron chi connectivity index (χ4n) is 2.56. The minimum Gasteiger partial charge on any atom is -0.301 e. The van der Waals surface area contributed by atoms with Crippen LogP contribution >= 0.6 is 11.3 Å². The molecule has 2 rings (SSSR count). The summed E-state index contributed by atoms with van der Waals surface area (Å²) in [4.78, 5) is 17.2. The number of hydrazine groups is 1. The second kappa shape index (κ2) is 6.47. The highest BCUT2D eigenvalue weighted by Gasteiger charge is 2.24. The Kier molecular flexibility index (Phi) is 4.93. The highest BCUT2D eigenvalue weighted by atomic mass is 32.1. The molecule has 1 saturated heterocycles. The quantitative estimate of drug-likeness (QED) is 0.489. The predicted molar refractivity (Wildman–Crippen MR) is 78.0 cm³/mol. The van der Waals surface area contributed by atoms with Crippen LogP contribution in [0.5, 0.6) is 0 Å². The number of hydrogen-bond acceptors (Lipinski definition) is 5. The van der Waals surface area contributed by atoms with E-state index in [-0.39, 0.29) is 5.91 Å². The van der Waals surface area contributed by atoms with Crippen molar-refractivity contribution >= 4 is 17.2 Å². The number of nitrogen functional groups attached to an aromatic ring is 1. The van der Waals surface area contributed by atoms with Crippen molar-refractivity contribution in [3.63, 3.8) is 0 Å². The number of amides is 1. The molecule has 106 valence electrons.